The van der Waals surface area contributed by atoms with E-state index >= 15 is 0 Å². The van der Waals surface area contributed by atoms with E-state index in [0.717, 1.165) is 52.5 Å². The lowest BCUT2D eigenvalue weighted by atomic mass is 9.34. The lowest BCUT2D eigenvalue weighted by molar-refractivity contribution is 0.402. The standard InChI is InChI=1S/C37H39BN2O2/c1-20-11-10-12-39-32(20)27-17-30-31-33(40-27)42-29-16-24-22(35(4,5)19-37(24,8)9)14-26(29)38(31)25-13-21-23(15-28(25)41-30)36(6,7)18-34(21,2)3/h10-17H,18-19H2,1-9H3. The molecular formula is C37H39BN2O2. The Kier molecular flexibility index (Phi) is 4.88. The van der Waals surface area contributed by atoms with Gasteiger partial charge in [-0.1, -0.05) is 73.6 Å². The molecule has 4 nitrogen and oxygen atoms in total. The zero-order valence-corrected chi connectivity index (χ0v) is 26.3. The van der Waals surface area contributed by atoms with E-state index in [2.05, 4.69) is 104 Å². The van der Waals surface area contributed by atoms with Crippen LogP contribution in [-0.2, 0) is 21.7 Å². The van der Waals surface area contributed by atoms with E-state index in [1.54, 1.807) is 0 Å². The smallest absolute Gasteiger partial charge is 0.262 e. The third kappa shape index (κ3) is 3.43. The van der Waals surface area contributed by atoms with Crippen LogP contribution >= 0.6 is 0 Å². The summed E-state index contributed by atoms with van der Waals surface area (Å²) in [5.74, 6) is 3.31. The van der Waals surface area contributed by atoms with E-state index in [4.69, 9.17) is 14.5 Å². The Hall–Kier alpha value is -3.60. The molecule has 2 aromatic heterocycles. The molecule has 8 rings (SSSR count). The second kappa shape index (κ2) is 7.86. The molecule has 0 N–H and O–H groups in total. The quantitative estimate of drug-likeness (QED) is 0.204. The van der Waals surface area contributed by atoms with Crippen LogP contribution in [0.4, 0.5) is 0 Å². The number of hydrogen-bond donors (Lipinski definition) is 0. The van der Waals surface area contributed by atoms with Gasteiger partial charge in [-0.3, -0.25) is 4.98 Å². The van der Waals surface area contributed by atoms with Crippen molar-refractivity contribution in [2.24, 2.45) is 0 Å². The predicted molar refractivity (Wildman–Crippen MR) is 171 cm³/mol. The summed E-state index contributed by atoms with van der Waals surface area (Å²) in [6.45, 7) is 21.0. The van der Waals surface area contributed by atoms with Gasteiger partial charge < -0.3 is 9.47 Å². The highest BCUT2D eigenvalue weighted by molar-refractivity contribution is 6.98. The number of aryl methyl sites for hydroxylation is 1. The summed E-state index contributed by atoms with van der Waals surface area (Å²) >= 11 is 0. The van der Waals surface area contributed by atoms with Crippen molar-refractivity contribution in [1.29, 1.82) is 0 Å². The molecule has 0 saturated carbocycles. The fourth-order valence-electron chi connectivity index (χ4n) is 9.16. The van der Waals surface area contributed by atoms with Crippen LogP contribution in [0.25, 0.3) is 11.4 Å². The normalized spacial score (nSPS) is 20.5. The number of rotatable bonds is 1. The lowest BCUT2D eigenvalue weighted by Crippen LogP contribution is -2.58. The van der Waals surface area contributed by atoms with Gasteiger partial charge in [0.1, 0.15) is 17.2 Å². The van der Waals surface area contributed by atoms with Gasteiger partial charge in [-0.25, -0.2) is 4.98 Å². The Bertz CT molecular complexity index is 1760. The molecule has 0 radical (unpaired) electrons. The molecule has 0 saturated heterocycles. The minimum absolute atomic E-state index is 0.0106. The average molecular weight is 555 g/mol. The van der Waals surface area contributed by atoms with Gasteiger partial charge in [-0.2, -0.15) is 0 Å². The molecule has 42 heavy (non-hydrogen) atoms. The minimum Gasteiger partial charge on any atom is -0.458 e. The predicted octanol–water partition coefficient (Wildman–Crippen LogP) is 7.10. The van der Waals surface area contributed by atoms with Crippen molar-refractivity contribution in [3.8, 4) is 34.5 Å². The van der Waals surface area contributed by atoms with Gasteiger partial charge in [0.2, 0.25) is 5.88 Å². The molecular weight excluding hydrogens is 515 g/mol. The number of fused-ring (bicyclic) bond motifs is 6. The van der Waals surface area contributed by atoms with Gasteiger partial charge in [0, 0.05) is 17.7 Å². The molecule has 4 aliphatic rings. The molecule has 2 aromatic carbocycles. The maximum Gasteiger partial charge on any atom is 0.262 e. The highest BCUT2D eigenvalue weighted by Gasteiger charge is 2.49. The summed E-state index contributed by atoms with van der Waals surface area (Å²) in [6, 6.07) is 15.7. The van der Waals surface area contributed by atoms with Crippen LogP contribution in [-0.4, -0.2) is 16.7 Å². The molecule has 0 spiro atoms. The van der Waals surface area contributed by atoms with Gasteiger partial charge >= 0.3 is 0 Å². The number of aromatic nitrogens is 2. The Morgan fingerprint density at radius 3 is 1.74 bits per heavy atom. The van der Waals surface area contributed by atoms with Crippen molar-refractivity contribution in [1.82, 2.24) is 9.97 Å². The minimum atomic E-state index is -0.0106. The van der Waals surface area contributed by atoms with E-state index in [1.807, 2.05) is 12.3 Å². The number of nitrogens with zero attached hydrogens (tertiary/aromatic N) is 2. The van der Waals surface area contributed by atoms with Crippen LogP contribution in [0.3, 0.4) is 0 Å². The Morgan fingerprint density at radius 1 is 0.667 bits per heavy atom. The maximum atomic E-state index is 6.85. The van der Waals surface area contributed by atoms with E-state index in [1.165, 1.54) is 33.2 Å². The molecule has 212 valence electrons. The molecule has 0 bridgehead atoms. The van der Waals surface area contributed by atoms with Crippen molar-refractivity contribution >= 4 is 23.1 Å². The molecule has 2 aliphatic carbocycles. The molecule has 0 amide bonds. The first kappa shape index (κ1) is 26.1. The number of ether oxygens (including phenoxy) is 2. The summed E-state index contributed by atoms with van der Waals surface area (Å²) < 4.78 is 13.6. The van der Waals surface area contributed by atoms with E-state index in [0.29, 0.717) is 5.88 Å². The molecule has 0 fully saturated rings. The van der Waals surface area contributed by atoms with E-state index in [9.17, 15) is 0 Å². The topological polar surface area (TPSA) is 44.2 Å². The Balaban J connectivity index is 1.42. The number of hydrogen-bond acceptors (Lipinski definition) is 4. The fourth-order valence-corrected chi connectivity index (χ4v) is 9.16. The van der Waals surface area contributed by atoms with Gasteiger partial charge in [0.15, 0.2) is 0 Å². The first-order valence-electron chi connectivity index (χ1n) is 15.4. The molecule has 4 heterocycles. The van der Waals surface area contributed by atoms with E-state index < -0.39 is 0 Å². The van der Waals surface area contributed by atoms with Crippen LogP contribution in [0.15, 0.2) is 48.7 Å². The molecule has 0 atom stereocenters. The second-order valence-corrected chi connectivity index (χ2v) is 15.8. The van der Waals surface area contributed by atoms with E-state index in [-0.39, 0.29) is 28.4 Å². The maximum absolute atomic E-state index is 6.85. The van der Waals surface area contributed by atoms with Crippen LogP contribution < -0.4 is 25.9 Å². The number of benzene rings is 2. The largest absolute Gasteiger partial charge is 0.458 e. The summed E-state index contributed by atoms with van der Waals surface area (Å²) in [4.78, 5) is 9.82. The second-order valence-electron chi connectivity index (χ2n) is 15.8. The van der Waals surface area contributed by atoms with Crippen molar-refractivity contribution in [3.05, 3.63) is 76.5 Å². The van der Waals surface area contributed by atoms with Crippen molar-refractivity contribution < 1.29 is 9.47 Å². The molecule has 5 heteroatoms. The summed E-state index contributed by atoms with van der Waals surface area (Å²) in [6.07, 6.45) is 4.05. The van der Waals surface area contributed by atoms with Crippen molar-refractivity contribution in [3.63, 3.8) is 0 Å². The van der Waals surface area contributed by atoms with Crippen LogP contribution in [0.1, 0.15) is 96.0 Å². The van der Waals surface area contributed by atoms with Gasteiger partial charge in [-0.05, 0) is 98.4 Å². The fraction of sp³-hybridized carbons (Fsp3) is 0.405. The van der Waals surface area contributed by atoms with Crippen LogP contribution in [0, 0.1) is 6.92 Å². The molecule has 4 aromatic rings. The summed E-state index contributed by atoms with van der Waals surface area (Å²) in [5.41, 5.74) is 12.2. The average Bonchev–Trinajstić information content (AvgIpc) is 3.20. The SMILES string of the molecule is Cc1cccnc1-c1cc2c3c(n1)Oc1cc4c(cc1B3c1cc3c(cc1O2)C(C)(C)CC3(C)C)C(C)(C)CC4(C)C. The third-order valence-electron chi connectivity index (χ3n) is 10.6. The first-order chi connectivity index (χ1) is 19.7. The number of pyridine rings is 2. The Morgan fingerprint density at radius 2 is 1.19 bits per heavy atom. The zero-order valence-electron chi connectivity index (χ0n) is 26.3. The lowest BCUT2D eigenvalue weighted by Gasteiger charge is -2.35. The van der Waals surface area contributed by atoms with Crippen LogP contribution in [0.5, 0.6) is 23.1 Å². The Labute approximate surface area is 250 Å². The van der Waals surface area contributed by atoms with Gasteiger partial charge in [0.25, 0.3) is 6.71 Å². The highest BCUT2D eigenvalue weighted by atomic mass is 16.5. The molecule has 0 unspecified atom stereocenters. The molecule has 2 aliphatic heterocycles. The zero-order chi connectivity index (χ0) is 29.6. The third-order valence-corrected chi connectivity index (χ3v) is 10.6. The van der Waals surface area contributed by atoms with Crippen LogP contribution in [0.2, 0.25) is 0 Å². The monoisotopic (exact) mass is 554 g/mol. The van der Waals surface area contributed by atoms with Gasteiger partial charge in [-0.15, -0.1) is 0 Å². The van der Waals surface area contributed by atoms with Crippen molar-refractivity contribution in [2.45, 2.75) is 96.8 Å². The summed E-state index contributed by atoms with van der Waals surface area (Å²) in [5, 5.41) is 0. The first-order valence-corrected chi connectivity index (χ1v) is 15.4. The van der Waals surface area contributed by atoms with Crippen molar-refractivity contribution in [2.75, 3.05) is 0 Å². The highest BCUT2D eigenvalue weighted by Crippen LogP contribution is 2.52. The summed E-state index contributed by atoms with van der Waals surface area (Å²) in [7, 11) is 0. The van der Waals surface area contributed by atoms with Gasteiger partial charge in [0.05, 0.1) is 11.4 Å².